The Morgan fingerprint density at radius 1 is 0.708 bits per heavy atom. The van der Waals surface area contributed by atoms with Crippen molar-refractivity contribution in [3.63, 3.8) is 0 Å². The van der Waals surface area contributed by atoms with Crippen molar-refractivity contribution < 1.29 is 43.4 Å². The number of carboxylic acids is 1. The smallest absolute Gasteiger partial charge is 0.305 e. The van der Waals surface area contributed by atoms with Crippen molar-refractivity contribution in [2.24, 2.45) is 5.92 Å². The fourth-order valence-corrected chi connectivity index (χ4v) is 4.60. The maximum absolute atomic E-state index is 13.0. The number of carbonyl (C=O) groups excluding carboxylic acids is 6. The number of amides is 6. The van der Waals surface area contributed by atoms with Crippen molar-refractivity contribution in [1.29, 1.82) is 0 Å². The second-order valence-corrected chi connectivity index (χ2v) is 11.6. The van der Waals surface area contributed by atoms with Crippen LogP contribution >= 0.6 is 0 Å². The van der Waals surface area contributed by atoms with Gasteiger partial charge in [0.05, 0.1) is 6.42 Å². The number of nitrogens with one attached hydrogen (secondary N) is 6. The molecule has 1 fully saturated rings. The molecule has 0 bridgehead atoms. The van der Waals surface area contributed by atoms with Gasteiger partial charge in [0.1, 0.15) is 18.1 Å². The Kier molecular flexibility index (Phi) is 14.0. The third-order valence-corrected chi connectivity index (χ3v) is 7.39. The molecule has 15 nitrogen and oxygen atoms in total. The number of carboxylic acid groups (broad SMARTS) is 1. The summed E-state index contributed by atoms with van der Waals surface area (Å²) in [5.41, 5.74) is 6.08. The Morgan fingerprint density at radius 2 is 1.29 bits per heavy atom. The number of carbonyl (C=O) groups is 7. The van der Waals surface area contributed by atoms with Crippen LogP contribution in [0, 0.1) is 5.92 Å². The predicted molar refractivity (Wildman–Crippen MR) is 171 cm³/mol. The first kappa shape index (κ1) is 37.2. The van der Waals surface area contributed by atoms with Gasteiger partial charge in [0.2, 0.25) is 17.7 Å². The molecule has 0 radical (unpaired) electrons. The van der Waals surface area contributed by atoms with Crippen LogP contribution in [0.4, 0.5) is 0 Å². The van der Waals surface area contributed by atoms with Gasteiger partial charge in [0, 0.05) is 13.0 Å². The SMILES string of the molecule is CC(C)[C@H](NC(=O)CCc1ccccc1)C(=O)N[C@@H](C)C(=O)N[C@@H](CC(=O)O)C(=O)NNC(=O)C1OC1C(=O)NCCc1ccccc1. The van der Waals surface area contributed by atoms with Crippen molar-refractivity contribution >= 4 is 41.4 Å². The van der Waals surface area contributed by atoms with Crippen LogP contribution < -0.4 is 32.1 Å². The van der Waals surface area contributed by atoms with Crippen molar-refractivity contribution in [3.8, 4) is 0 Å². The lowest BCUT2D eigenvalue weighted by Gasteiger charge is -2.25. The molecule has 7 N–H and O–H groups in total. The van der Waals surface area contributed by atoms with E-state index in [1.807, 2.05) is 66.1 Å². The molecule has 258 valence electrons. The zero-order valence-electron chi connectivity index (χ0n) is 27.0. The lowest BCUT2D eigenvalue weighted by atomic mass is 10.0. The second-order valence-electron chi connectivity index (χ2n) is 11.6. The normalized spacial score (nSPS) is 16.8. The summed E-state index contributed by atoms with van der Waals surface area (Å²) in [5, 5.41) is 19.4. The first-order valence-electron chi connectivity index (χ1n) is 15.6. The van der Waals surface area contributed by atoms with Crippen LogP contribution in [0.25, 0.3) is 0 Å². The summed E-state index contributed by atoms with van der Waals surface area (Å²) in [6.07, 6.45) is -1.86. The Bertz CT molecular complexity index is 1450. The van der Waals surface area contributed by atoms with E-state index < -0.39 is 72.3 Å². The van der Waals surface area contributed by atoms with E-state index in [0.717, 1.165) is 11.1 Å². The maximum atomic E-state index is 13.0. The van der Waals surface area contributed by atoms with Crippen LogP contribution in [0.3, 0.4) is 0 Å². The van der Waals surface area contributed by atoms with Gasteiger partial charge in [-0.15, -0.1) is 0 Å². The van der Waals surface area contributed by atoms with Gasteiger partial charge in [-0.3, -0.25) is 44.4 Å². The van der Waals surface area contributed by atoms with Crippen LogP contribution in [-0.2, 0) is 51.1 Å². The molecule has 2 aromatic rings. The fourth-order valence-electron chi connectivity index (χ4n) is 4.60. The Labute approximate surface area is 277 Å². The quantitative estimate of drug-likeness (QED) is 0.0852. The minimum atomic E-state index is -1.63. The van der Waals surface area contributed by atoms with Crippen molar-refractivity contribution in [3.05, 3.63) is 71.8 Å². The molecular formula is C33H42N6O9. The Morgan fingerprint density at radius 3 is 1.88 bits per heavy atom. The minimum absolute atomic E-state index is 0.147. The highest BCUT2D eigenvalue weighted by atomic mass is 16.6. The molecule has 2 unspecified atom stereocenters. The summed E-state index contributed by atoms with van der Waals surface area (Å²) in [5.74, 6) is -6.04. The number of aryl methyl sites for hydroxylation is 1. The van der Waals surface area contributed by atoms with Gasteiger partial charge in [-0.2, -0.15) is 0 Å². The molecule has 1 saturated heterocycles. The molecule has 0 saturated carbocycles. The molecule has 0 aliphatic carbocycles. The lowest BCUT2D eigenvalue weighted by molar-refractivity contribution is -0.141. The largest absolute Gasteiger partial charge is 0.481 e. The molecule has 0 aromatic heterocycles. The van der Waals surface area contributed by atoms with Crippen LogP contribution in [0.2, 0.25) is 0 Å². The number of hydrazine groups is 1. The molecule has 48 heavy (non-hydrogen) atoms. The number of rotatable bonds is 17. The van der Waals surface area contributed by atoms with Gasteiger partial charge < -0.3 is 31.1 Å². The van der Waals surface area contributed by atoms with Gasteiger partial charge >= 0.3 is 5.97 Å². The summed E-state index contributed by atoms with van der Waals surface area (Å²) in [6.45, 7) is 5.10. The first-order valence-corrected chi connectivity index (χ1v) is 15.6. The van der Waals surface area contributed by atoms with Gasteiger partial charge in [-0.25, -0.2) is 0 Å². The van der Waals surface area contributed by atoms with Crippen molar-refractivity contribution in [2.75, 3.05) is 6.54 Å². The van der Waals surface area contributed by atoms with Crippen LogP contribution in [0.15, 0.2) is 60.7 Å². The monoisotopic (exact) mass is 666 g/mol. The van der Waals surface area contributed by atoms with E-state index in [1.165, 1.54) is 6.92 Å². The van der Waals surface area contributed by atoms with Crippen LogP contribution in [-0.4, -0.2) is 83.4 Å². The molecule has 5 atom stereocenters. The topological polar surface area (TPSA) is 224 Å². The van der Waals surface area contributed by atoms with E-state index in [4.69, 9.17) is 4.74 Å². The molecule has 15 heteroatoms. The van der Waals surface area contributed by atoms with Gasteiger partial charge in [-0.05, 0) is 36.8 Å². The Hall–Kier alpha value is -5.31. The second kappa shape index (κ2) is 18.1. The van der Waals surface area contributed by atoms with E-state index in [1.54, 1.807) is 13.8 Å². The minimum Gasteiger partial charge on any atom is -0.481 e. The number of ether oxygens (including phenoxy) is 1. The predicted octanol–water partition coefficient (Wildman–Crippen LogP) is -0.502. The number of hydrogen-bond acceptors (Lipinski definition) is 8. The summed E-state index contributed by atoms with van der Waals surface area (Å²) in [6, 6.07) is 15.0. The van der Waals surface area contributed by atoms with Crippen molar-refractivity contribution in [2.45, 2.75) is 76.8 Å². The first-order chi connectivity index (χ1) is 22.8. The number of benzene rings is 2. The lowest BCUT2D eigenvalue weighted by Crippen LogP contribution is -2.58. The molecule has 2 aromatic carbocycles. The molecule has 1 aliphatic heterocycles. The number of epoxide rings is 1. The van der Waals surface area contributed by atoms with E-state index in [-0.39, 0.29) is 18.2 Å². The van der Waals surface area contributed by atoms with E-state index in [2.05, 4.69) is 26.7 Å². The standard InChI is InChI=1S/C33H42N6O9/c1-19(2)26(37-24(40)15-14-21-10-6-4-7-11-21)31(45)35-20(3)29(43)36-23(18-25(41)42)30(44)38-39-33(47)28-27(48-28)32(46)34-17-16-22-12-8-5-9-13-22/h4-13,19-20,23,26-28H,14-18H2,1-3H3,(H,34,46)(H,35,45)(H,36,43)(H,37,40)(H,38,44)(H,39,47)(H,41,42)/t20-,23-,26-,27?,28?/m0/s1. The van der Waals surface area contributed by atoms with E-state index >= 15 is 0 Å². The summed E-state index contributed by atoms with van der Waals surface area (Å²) >= 11 is 0. The zero-order chi connectivity index (χ0) is 35.2. The molecule has 0 spiro atoms. The average molecular weight is 667 g/mol. The number of hydrogen-bond donors (Lipinski definition) is 7. The van der Waals surface area contributed by atoms with Gasteiger partial charge in [0.15, 0.2) is 12.2 Å². The third kappa shape index (κ3) is 12.1. The third-order valence-electron chi connectivity index (χ3n) is 7.39. The fraction of sp³-hybridized carbons (Fsp3) is 0.424. The molecular weight excluding hydrogens is 624 g/mol. The number of aliphatic carboxylic acids is 1. The summed E-state index contributed by atoms with van der Waals surface area (Å²) in [4.78, 5) is 87.2. The van der Waals surface area contributed by atoms with Gasteiger partial charge in [0.25, 0.3) is 17.7 Å². The molecule has 3 rings (SSSR count). The highest BCUT2D eigenvalue weighted by Crippen LogP contribution is 2.22. The van der Waals surface area contributed by atoms with Crippen LogP contribution in [0.1, 0.15) is 44.7 Å². The Balaban J connectivity index is 1.44. The molecule has 6 amide bonds. The summed E-state index contributed by atoms with van der Waals surface area (Å²) < 4.78 is 5.12. The average Bonchev–Trinajstić information content (AvgIpc) is 3.86. The molecule has 1 aliphatic rings. The highest BCUT2D eigenvalue weighted by molar-refractivity contribution is 5.98. The maximum Gasteiger partial charge on any atom is 0.305 e. The zero-order valence-corrected chi connectivity index (χ0v) is 27.0. The van der Waals surface area contributed by atoms with Crippen molar-refractivity contribution in [1.82, 2.24) is 32.1 Å². The highest BCUT2D eigenvalue weighted by Gasteiger charge is 2.50. The van der Waals surface area contributed by atoms with E-state index in [0.29, 0.717) is 19.4 Å². The van der Waals surface area contributed by atoms with E-state index in [9.17, 15) is 38.7 Å². The molecule has 1 heterocycles. The van der Waals surface area contributed by atoms with Gasteiger partial charge in [-0.1, -0.05) is 74.5 Å². The summed E-state index contributed by atoms with van der Waals surface area (Å²) in [7, 11) is 0. The van der Waals surface area contributed by atoms with Crippen LogP contribution in [0.5, 0.6) is 0 Å².